The lowest BCUT2D eigenvalue weighted by Crippen LogP contribution is -2.39. The van der Waals surface area contributed by atoms with Gasteiger partial charge in [-0.3, -0.25) is 4.79 Å². The van der Waals surface area contributed by atoms with E-state index < -0.39 is 17.9 Å². The molecule has 1 aromatic carbocycles. The number of amides is 1. The molecule has 0 saturated carbocycles. The van der Waals surface area contributed by atoms with E-state index in [0.717, 1.165) is 0 Å². The Morgan fingerprint density at radius 2 is 2.11 bits per heavy atom. The molecule has 1 aromatic rings. The first-order valence-corrected chi connectivity index (χ1v) is 6.36. The van der Waals surface area contributed by atoms with Gasteiger partial charge in [0.15, 0.2) is 0 Å². The van der Waals surface area contributed by atoms with Crippen molar-refractivity contribution in [1.82, 2.24) is 5.32 Å². The van der Waals surface area contributed by atoms with E-state index in [1.807, 2.05) is 0 Å². The molecule has 0 aromatic heterocycles. The summed E-state index contributed by atoms with van der Waals surface area (Å²) in [4.78, 5) is 22.3. The van der Waals surface area contributed by atoms with E-state index in [9.17, 15) is 9.59 Å². The van der Waals surface area contributed by atoms with Crippen LogP contribution in [0.25, 0.3) is 6.08 Å². The Labute approximate surface area is 121 Å². The molecule has 102 valence electrons. The Kier molecular flexibility index (Phi) is 5.86. The highest BCUT2D eigenvalue weighted by Gasteiger charge is 2.15. The second kappa shape index (κ2) is 7.16. The Balaban J connectivity index is 2.70. The van der Waals surface area contributed by atoms with Crippen molar-refractivity contribution >= 4 is 41.2 Å². The van der Waals surface area contributed by atoms with E-state index >= 15 is 0 Å². The van der Waals surface area contributed by atoms with Gasteiger partial charge in [-0.1, -0.05) is 36.2 Å². The fourth-order valence-corrected chi connectivity index (χ4v) is 1.83. The molecule has 4 nitrogen and oxygen atoms in total. The first-order chi connectivity index (χ1) is 8.93. The molecule has 2 N–H and O–H groups in total. The van der Waals surface area contributed by atoms with Crippen LogP contribution in [0.3, 0.4) is 0 Å². The lowest BCUT2D eigenvalue weighted by molar-refractivity contribution is -0.141. The molecule has 0 aliphatic heterocycles. The number of carboxylic acids is 1. The molecule has 0 aliphatic carbocycles. The monoisotopic (exact) mass is 301 g/mol. The van der Waals surface area contributed by atoms with Crippen LogP contribution in [0.1, 0.15) is 18.9 Å². The Morgan fingerprint density at radius 1 is 1.42 bits per heavy atom. The molecular weight excluding hydrogens is 289 g/mol. The highest BCUT2D eigenvalue weighted by atomic mass is 35.5. The summed E-state index contributed by atoms with van der Waals surface area (Å²) in [5, 5.41) is 12.1. The number of hydrogen-bond acceptors (Lipinski definition) is 2. The minimum atomic E-state index is -1.06. The summed E-state index contributed by atoms with van der Waals surface area (Å²) in [7, 11) is 0. The van der Waals surface area contributed by atoms with Gasteiger partial charge in [-0.25, -0.2) is 4.79 Å². The SMILES string of the molecule is CC[C@@H](NC(=O)C=Cc1ccc(Cl)cc1Cl)C(=O)O. The van der Waals surface area contributed by atoms with Crippen molar-refractivity contribution < 1.29 is 14.7 Å². The van der Waals surface area contributed by atoms with Crippen molar-refractivity contribution in [2.45, 2.75) is 19.4 Å². The van der Waals surface area contributed by atoms with Gasteiger partial charge in [-0.15, -0.1) is 0 Å². The molecule has 0 radical (unpaired) electrons. The highest BCUT2D eigenvalue weighted by Crippen LogP contribution is 2.21. The van der Waals surface area contributed by atoms with Crippen LogP contribution in [-0.2, 0) is 9.59 Å². The largest absolute Gasteiger partial charge is 0.480 e. The van der Waals surface area contributed by atoms with E-state index in [2.05, 4.69) is 5.32 Å². The average Bonchev–Trinajstić information content (AvgIpc) is 2.34. The van der Waals surface area contributed by atoms with Crippen LogP contribution in [-0.4, -0.2) is 23.0 Å². The number of halogens is 2. The first kappa shape index (κ1) is 15.5. The molecule has 0 unspecified atom stereocenters. The number of carbonyl (C=O) groups is 2. The van der Waals surface area contributed by atoms with E-state index in [0.29, 0.717) is 22.0 Å². The van der Waals surface area contributed by atoms with E-state index in [-0.39, 0.29) is 0 Å². The zero-order valence-corrected chi connectivity index (χ0v) is 11.7. The minimum Gasteiger partial charge on any atom is -0.480 e. The molecule has 19 heavy (non-hydrogen) atoms. The first-order valence-electron chi connectivity index (χ1n) is 5.60. The van der Waals surface area contributed by atoms with Gasteiger partial charge in [-0.05, 0) is 30.2 Å². The van der Waals surface area contributed by atoms with Gasteiger partial charge in [0.1, 0.15) is 6.04 Å². The number of nitrogens with one attached hydrogen (secondary N) is 1. The summed E-state index contributed by atoms with van der Waals surface area (Å²) in [6.45, 7) is 1.68. The highest BCUT2D eigenvalue weighted by molar-refractivity contribution is 6.35. The topological polar surface area (TPSA) is 66.4 Å². The Hall–Kier alpha value is -1.52. The van der Waals surface area contributed by atoms with Crippen LogP contribution in [0.5, 0.6) is 0 Å². The fraction of sp³-hybridized carbons (Fsp3) is 0.231. The molecule has 1 rings (SSSR count). The lowest BCUT2D eigenvalue weighted by Gasteiger charge is -2.09. The summed E-state index contributed by atoms with van der Waals surface area (Å²) in [5.41, 5.74) is 0.629. The molecular formula is C13H13Cl2NO3. The molecule has 0 bridgehead atoms. The third kappa shape index (κ3) is 4.93. The maximum atomic E-state index is 11.5. The van der Waals surface area contributed by atoms with Gasteiger partial charge in [0.25, 0.3) is 0 Å². The van der Waals surface area contributed by atoms with Crippen molar-refractivity contribution in [3.63, 3.8) is 0 Å². The lowest BCUT2D eigenvalue weighted by atomic mass is 10.2. The maximum absolute atomic E-state index is 11.5. The van der Waals surface area contributed by atoms with Gasteiger partial charge in [0.05, 0.1) is 0 Å². The second-order valence-electron chi connectivity index (χ2n) is 3.81. The summed E-state index contributed by atoms with van der Waals surface area (Å²) in [6.07, 6.45) is 3.06. The van der Waals surface area contributed by atoms with E-state index in [1.165, 1.54) is 12.2 Å². The summed E-state index contributed by atoms with van der Waals surface area (Å²) >= 11 is 11.7. The number of rotatable bonds is 5. The van der Waals surface area contributed by atoms with Crippen LogP contribution in [0.4, 0.5) is 0 Å². The molecule has 0 fully saturated rings. The van der Waals surface area contributed by atoms with Crippen molar-refractivity contribution in [2.24, 2.45) is 0 Å². The van der Waals surface area contributed by atoms with Gasteiger partial charge in [-0.2, -0.15) is 0 Å². The van der Waals surface area contributed by atoms with Gasteiger partial charge < -0.3 is 10.4 Å². The number of carboxylic acid groups (broad SMARTS) is 1. The quantitative estimate of drug-likeness (QED) is 0.822. The Morgan fingerprint density at radius 3 is 2.63 bits per heavy atom. The number of aliphatic carboxylic acids is 1. The predicted octanol–water partition coefficient (Wildman–Crippen LogP) is 2.99. The van der Waals surface area contributed by atoms with Crippen LogP contribution in [0, 0.1) is 0 Å². The smallest absolute Gasteiger partial charge is 0.326 e. The standard InChI is InChI=1S/C13H13Cl2NO3/c1-2-11(13(18)19)16-12(17)6-4-8-3-5-9(14)7-10(8)15/h3-7,11H,2H2,1H3,(H,16,17)(H,18,19)/t11-/m1/s1. The predicted molar refractivity (Wildman–Crippen MR) is 75.4 cm³/mol. The molecule has 0 heterocycles. The summed E-state index contributed by atoms with van der Waals surface area (Å²) in [6, 6.07) is 3.99. The normalized spacial score (nSPS) is 12.4. The van der Waals surface area contributed by atoms with Crippen molar-refractivity contribution in [3.8, 4) is 0 Å². The molecule has 0 aliphatic rings. The van der Waals surface area contributed by atoms with Gasteiger partial charge >= 0.3 is 5.97 Å². The maximum Gasteiger partial charge on any atom is 0.326 e. The van der Waals surface area contributed by atoms with Gasteiger partial charge in [0, 0.05) is 16.1 Å². The number of hydrogen-bond donors (Lipinski definition) is 2. The van der Waals surface area contributed by atoms with Crippen LogP contribution >= 0.6 is 23.2 Å². The zero-order valence-electron chi connectivity index (χ0n) is 10.2. The molecule has 1 amide bonds. The van der Waals surface area contributed by atoms with E-state index in [1.54, 1.807) is 25.1 Å². The summed E-state index contributed by atoms with van der Waals surface area (Å²) < 4.78 is 0. The van der Waals surface area contributed by atoms with Crippen molar-refractivity contribution in [3.05, 3.63) is 39.9 Å². The average molecular weight is 302 g/mol. The van der Waals surface area contributed by atoms with Gasteiger partial charge in [0.2, 0.25) is 5.91 Å². The van der Waals surface area contributed by atoms with Crippen LogP contribution < -0.4 is 5.32 Å². The summed E-state index contributed by atoms with van der Waals surface area (Å²) in [5.74, 6) is -1.55. The molecule has 0 spiro atoms. The van der Waals surface area contributed by atoms with E-state index in [4.69, 9.17) is 28.3 Å². The Bertz CT molecular complexity index is 515. The number of benzene rings is 1. The number of carbonyl (C=O) groups excluding carboxylic acids is 1. The second-order valence-corrected chi connectivity index (χ2v) is 4.65. The van der Waals surface area contributed by atoms with Crippen molar-refractivity contribution in [1.29, 1.82) is 0 Å². The molecule has 6 heteroatoms. The van der Waals surface area contributed by atoms with Crippen LogP contribution in [0.15, 0.2) is 24.3 Å². The molecule has 1 atom stereocenters. The third-order valence-electron chi connectivity index (χ3n) is 2.40. The van der Waals surface area contributed by atoms with Crippen LogP contribution in [0.2, 0.25) is 10.0 Å². The molecule has 0 saturated heterocycles. The third-order valence-corrected chi connectivity index (χ3v) is 2.96. The zero-order chi connectivity index (χ0) is 14.4. The fourth-order valence-electron chi connectivity index (χ4n) is 1.36. The minimum absolute atomic E-state index is 0.316. The van der Waals surface area contributed by atoms with Crippen molar-refractivity contribution in [2.75, 3.05) is 0 Å².